The van der Waals surface area contributed by atoms with Crippen LogP contribution in [0.25, 0.3) is 11.1 Å². The largest absolute Gasteiger partial charge is 0.458 e. The van der Waals surface area contributed by atoms with Gasteiger partial charge in [-0.25, -0.2) is 0 Å². The summed E-state index contributed by atoms with van der Waals surface area (Å²) in [6.07, 6.45) is -5.64. The normalized spacial score (nSPS) is 20.9. The number of oxime groups is 1. The van der Waals surface area contributed by atoms with Crippen LogP contribution in [0.4, 0.5) is 13.2 Å². The lowest BCUT2D eigenvalue weighted by atomic mass is 9.98. The van der Waals surface area contributed by atoms with Crippen molar-refractivity contribution in [1.82, 2.24) is 9.78 Å². The molecule has 0 radical (unpaired) electrons. The van der Waals surface area contributed by atoms with Gasteiger partial charge in [-0.05, 0) is 25.0 Å². The van der Waals surface area contributed by atoms with Gasteiger partial charge in [-0.3, -0.25) is 4.68 Å². The molecule has 1 N–H and O–H groups in total. The van der Waals surface area contributed by atoms with E-state index in [1.165, 1.54) is 0 Å². The molecule has 0 saturated carbocycles. The Bertz CT molecular complexity index is 809. The minimum atomic E-state index is -4.90. The van der Waals surface area contributed by atoms with Crippen molar-refractivity contribution in [2.45, 2.75) is 32.2 Å². The molecule has 128 valence electrons. The Kier molecular flexibility index (Phi) is 3.67. The number of aryl methyl sites for hydroxylation is 2. The average molecular weight is 339 g/mol. The zero-order valence-electron chi connectivity index (χ0n) is 13.3. The molecule has 1 aromatic carbocycles. The van der Waals surface area contributed by atoms with Crippen molar-refractivity contribution in [3.8, 4) is 11.1 Å². The number of nitrogens with zero attached hydrogens (tertiary/aromatic N) is 3. The SMILES string of the molecule is Cc1nn(C)c(C)c1-c1ccc(C2=NOC(O)(C(F)(F)F)C2)cc1. The van der Waals surface area contributed by atoms with Gasteiger partial charge in [0.1, 0.15) is 0 Å². The third kappa shape index (κ3) is 2.56. The number of hydrogen-bond donors (Lipinski definition) is 1. The van der Waals surface area contributed by atoms with E-state index >= 15 is 0 Å². The van der Waals surface area contributed by atoms with Gasteiger partial charge < -0.3 is 9.94 Å². The molecular formula is C16H16F3N3O2. The van der Waals surface area contributed by atoms with Gasteiger partial charge >= 0.3 is 12.0 Å². The lowest BCUT2D eigenvalue weighted by molar-refractivity contribution is -0.355. The monoisotopic (exact) mass is 339 g/mol. The molecule has 0 bridgehead atoms. The Hall–Kier alpha value is -2.35. The second-order valence-corrected chi connectivity index (χ2v) is 5.83. The highest BCUT2D eigenvalue weighted by molar-refractivity contribution is 6.01. The Morgan fingerprint density at radius 3 is 2.21 bits per heavy atom. The van der Waals surface area contributed by atoms with Crippen molar-refractivity contribution in [2.24, 2.45) is 12.2 Å². The maximum absolute atomic E-state index is 12.8. The van der Waals surface area contributed by atoms with Gasteiger partial charge in [0.2, 0.25) is 0 Å². The van der Waals surface area contributed by atoms with Crippen molar-refractivity contribution in [1.29, 1.82) is 0 Å². The molecule has 2 aromatic rings. The fourth-order valence-corrected chi connectivity index (χ4v) is 2.75. The highest BCUT2D eigenvalue weighted by atomic mass is 19.4. The summed E-state index contributed by atoms with van der Waals surface area (Å²) >= 11 is 0. The molecule has 2 heterocycles. The number of rotatable bonds is 2. The summed E-state index contributed by atoms with van der Waals surface area (Å²) in [5, 5.41) is 17.2. The number of benzene rings is 1. The van der Waals surface area contributed by atoms with Gasteiger partial charge in [0, 0.05) is 18.3 Å². The van der Waals surface area contributed by atoms with Crippen molar-refractivity contribution in [2.75, 3.05) is 0 Å². The summed E-state index contributed by atoms with van der Waals surface area (Å²) in [6.45, 7) is 3.84. The second kappa shape index (κ2) is 5.34. The standard InChI is InChI=1S/C16H16F3N3O2/c1-9-14(10(2)22(3)20-9)12-6-4-11(5-7-12)13-8-15(23,24-21-13)16(17,18)19/h4-7,23H,8H2,1-3H3. The maximum Gasteiger partial charge on any atom is 0.458 e. The molecule has 1 aliphatic rings. The van der Waals surface area contributed by atoms with E-state index in [2.05, 4.69) is 15.1 Å². The average Bonchev–Trinajstić information content (AvgIpc) is 3.01. The number of halogens is 3. The lowest BCUT2D eigenvalue weighted by Gasteiger charge is -2.22. The fraction of sp³-hybridized carbons (Fsp3) is 0.375. The first-order valence-corrected chi connectivity index (χ1v) is 7.27. The van der Waals surface area contributed by atoms with Crippen molar-refractivity contribution >= 4 is 5.71 Å². The van der Waals surface area contributed by atoms with E-state index in [0.29, 0.717) is 5.56 Å². The number of aliphatic hydroxyl groups is 1. The Morgan fingerprint density at radius 1 is 1.17 bits per heavy atom. The molecule has 1 aromatic heterocycles. The van der Waals surface area contributed by atoms with Crippen LogP contribution in [-0.4, -0.2) is 32.6 Å². The molecule has 1 unspecified atom stereocenters. The molecule has 0 saturated heterocycles. The lowest BCUT2D eigenvalue weighted by Crippen LogP contribution is -2.45. The quantitative estimate of drug-likeness (QED) is 0.915. The molecule has 0 aliphatic carbocycles. The van der Waals surface area contributed by atoms with E-state index in [1.54, 1.807) is 28.9 Å². The van der Waals surface area contributed by atoms with Crippen molar-refractivity contribution < 1.29 is 23.1 Å². The molecule has 24 heavy (non-hydrogen) atoms. The van der Waals surface area contributed by atoms with Crippen LogP contribution in [0.1, 0.15) is 23.4 Å². The second-order valence-electron chi connectivity index (χ2n) is 5.83. The highest BCUT2D eigenvalue weighted by Gasteiger charge is 2.60. The van der Waals surface area contributed by atoms with Gasteiger partial charge in [-0.2, -0.15) is 18.3 Å². The van der Waals surface area contributed by atoms with Crippen molar-refractivity contribution in [3.63, 3.8) is 0 Å². The number of alkyl halides is 3. The summed E-state index contributed by atoms with van der Waals surface area (Å²) in [7, 11) is 1.85. The molecule has 1 aliphatic heterocycles. The highest BCUT2D eigenvalue weighted by Crippen LogP contribution is 2.39. The van der Waals surface area contributed by atoms with Gasteiger partial charge in [0.15, 0.2) is 0 Å². The first-order valence-electron chi connectivity index (χ1n) is 7.27. The van der Waals surface area contributed by atoms with E-state index in [-0.39, 0.29) is 5.71 Å². The van der Waals surface area contributed by atoms with Crippen LogP contribution in [-0.2, 0) is 11.9 Å². The van der Waals surface area contributed by atoms with Crippen LogP contribution in [0.3, 0.4) is 0 Å². The molecule has 5 nitrogen and oxygen atoms in total. The predicted octanol–water partition coefficient (Wildman–Crippen LogP) is 3.08. The van der Waals surface area contributed by atoms with Gasteiger partial charge in [-0.1, -0.05) is 29.4 Å². The fourth-order valence-electron chi connectivity index (χ4n) is 2.75. The first-order chi connectivity index (χ1) is 11.1. The Morgan fingerprint density at radius 2 is 1.75 bits per heavy atom. The van der Waals surface area contributed by atoms with E-state index in [0.717, 1.165) is 22.5 Å². The molecule has 1 atom stereocenters. The summed E-state index contributed by atoms with van der Waals surface area (Å²) in [5.41, 5.74) is 4.29. The third-order valence-electron chi connectivity index (χ3n) is 4.17. The number of hydrogen-bond acceptors (Lipinski definition) is 4. The predicted molar refractivity (Wildman–Crippen MR) is 81.4 cm³/mol. The zero-order valence-corrected chi connectivity index (χ0v) is 13.3. The Labute approximate surface area is 136 Å². The van der Waals surface area contributed by atoms with E-state index in [9.17, 15) is 18.3 Å². The first kappa shape index (κ1) is 16.5. The van der Waals surface area contributed by atoms with E-state index in [4.69, 9.17) is 0 Å². The summed E-state index contributed by atoms with van der Waals surface area (Å²) in [6, 6.07) is 6.90. The minimum Gasteiger partial charge on any atom is -0.350 e. The molecular weight excluding hydrogens is 323 g/mol. The molecule has 3 rings (SSSR count). The molecule has 0 spiro atoms. The molecule has 8 heteroatoms. The minimum absolute atomic E-state index is 0.0565. The van der Waals surface area contributed by atoms with Gasteiger partial charge in [0.25, 0.3) is 0 Å². The molecule has 0 fully saturated rings. The Balaban J connectivity index is 1.86. The van der Waals surface area contributed by atoms with E-state index < -0.39 is 18.4 Å². The van der Waals surface area contributed by atoms with Crippen LogP contribution in [0.15, 0.2) is 29.4 Å². The van der Waals surface area contributed by atoms with E-state index in [1.807, 2.05) is 20.9 Å². The summed E-state index contributed by atoms with van der Waals surface area (Å²) in [5.74, 6) is -3.25. The number of aromatic nitrogens is 2. The maximum atomic E-state index is 12.8. The smallest absolute Gasteiger partial charge is 0.350 e. The third-order valence-corrected chi connectivity index (χ3v) is 4.17. The molecule has 0 amide bonds. The van der Waals surface area contributed by atoms with Crippen molar-refractivity contribution in [3.05, 3.63) is 41.2 Å². The van der Waals surface area contributed by atoms with Crippen LogP contribution in [0, 0.1) is 13.8 Å². The van der Waals surface area contributed by atoms with Crippen LogP contribution in [0.5, 0.6) is 0 Å². The van der Waals surface area contributed by atoms with Crippen LogP contribution >= 0.6 is 0 Å². The van der Waals surface area contributed by atoms with Gasteiger partial charge in [0.05, 0.1) is 17.8 Å². The van der Waals surface area contributed by atoms with Crippen LogP contribution in [0.2, 0.25) is 0 Å². The van der Waals surface area contributed by atoms with Gasteiger partial charge in [-0.15, -0.1) is 0 Å². The van der Waals surface area contributed by atoms with Crippen LogP contribution < -0.4 is 0 Å². The summed E-state index contributed by atoms with van der Waals surface area (Å²) < 4.78 is 40.0. The topological polar surface area (TPSA) is 59.6 Å². The summed E-state index contributed by atoms with van der Waals surface area (Å²) in [4.78, 5) is 4.23. The zero-order chi connectivity index (χ0) is 17.7.